The van der Waals surface area contributed by atoms with Crippen LogP contribution in [0.5, 0.6) is 0 Å². The van der Waals surface area contributed by atoms with E-state index in [-0.39, 0.29) is 0 Å². The molecule has 10 aromatic carbocycles. The topological polar surface area (TPSA) is 9.86 Å². The smallest absolute Gasteiger partial charge is 0.0542 e. The number of hydrogen-bond donors (Lipinski definition) is 0. The van der Waals surface area contributed by atoms with Gasteiger partial charge in [-0.2, -0.15) is 0 Å². The van der Waals surface area contributed by atoms with Crippen LogP contribution >= 0.6 is 0 Å². The average Bonchev–Trinajstić information content (AvgIpc) is 3.76. The Morgan fingerprint density at radius 3 is 1.27 bits per heavy atom. The number of aromatic nitrogens is 2. The number of para-hydroxylation sites is 3. The summed E-state index contributed by atoms with van der Waals surface area (Å²) in [5.41, 5.74) is 13.5. The monoisotopic (exact) mass is 698 g/mol. The maximum atomic E-state index is 2.42. The van der Waals surface area contributed by atoms with E-state index in [0.29, 0.717) is 0 Å². The predicted molar refractivity (Wildman–Crippen MR) is 234 cm³/mol. The third kappa shape index (κ3) is 4.37. The van der Waals surface area contributed by atoms with Crippen molar-refractivity contribution in [3.8, 4) is 33.6 Å². The number of benzene rings is 10. The Morgan fingerprint density at radius 1 is 0.309 bits per heavy atom. The number of fused-ring (bicyclic) bond motifs is 6. The fraction of sp³-hybridized carbons (Fsp3) is 0.0189. The highest BCUT2D eigenvalue weighted by molar-refractivity contribution is 6.27. The van der Waals surface area contributed by atoms with Gasteiger partial charge in [-0.25, -0.2) is 0 Å². The van der Waals surface area contributed by atoms with Gasteiger partial charge in [-0.15, -0.1) is 0 Å². The summed E-state index contributed by atoms with van der Waals surface area (Å²) in [7, 11) is 0. The summed E-state index contributed by atoms with van der Waals surface area (Å²) in [6, 6.07) is 69.7. The van der Waals surface area contributed by atoms with Gasteiger partial charge in [0.05, 0.1) is 22.1 Å². The minimum absolute atomic E-state index is 1.15. The lowest BCUT2D eigenvalue weighted by atomic mass is 9.87. The van der Waals surface area contributed by atoms with Gasteiger partial charge < -0.3 is 9.13 Å². The van der Waals surface area contributed by atoms with E-state index in [1.54, 1.807) is 0 Å². The molecule has 12 rings (SSSR count). The van der Waals surface area contributed by atoms with Gasteiger partial charge in [-0.05, 0) is 110 Å². The fourth-order valence-electron chi connectivity index (χ4n) is 9.41. The molecule has 0 aliphatic heterocycles. The van der Waals surface area contributed by atoms with Crippen LogP contribution in [0.2, 0.25) is 0 Å². The molecule has 0 N–H and O–H groups in total. The van der Waals surface area contributed by atoms with E-state index in [4.69, 9.17) is 0 Å². The molecular formula is C53H34N2. The van der Waals surface area contributed by atoms with Gasteiger partial charge in [0.25, 0.3) is 0 Å². The largest absolute Gasteiger partial charge is 0.309 e. The van der Waals surface area contributed by atoms with Crippen molar-refractivity contribution in [3.63, 3.8) is 0 Å². The van der Waals surface area contributed by atoms with E-state index in [0.717, 1.165) is 5.69 Å². The molecule has 0 atom stereocenters. The van der Waals surface area contributed by atoms with Gasteiger partial charge in [-0.1, -0.05) is 145 Å². The average molecular weight is 699 g/mol. The van der Waals surface area contributed by atoms with Gasteiger partial charge in [0.2, 0.25) is 0 Å². The number of hydrogen-bond acceptors (Lipinski definition) is 0. The standard InChI is InChI=1S/C53H34N2/c1-33-14-16-34(17-15-33)40-27-20-36-23-30-46-41(28-21-37-22-29-45(40)52(36)53(37)46)35-18-24-38(25-19-35)54-50-13-7-4-10-44(50)47-32-39(26-31-51(47)54)55-48-11-5-2-8-42(48)43-9-3-6-12-49(43)55/h2-32H,1H3. The second kappa shape index (κ2) is 11.4. The molecule has 0 bridgehead atoms. The van der Waals surface area contributed by atoms with Crippen molar-refractivity contribution in [2.75, 3.05) is 0 Å². The van der Waals surface area contributed by atoms with Crippen molar-refractivity contribution in [2.24, 2.45) is 0 Å². The molecule has 0 aliphatic carbocycles. The molecule has 55 heavy (non-hydrogen) atoms. The van der Waals surface area contributed by atoms with Crippen LogP contribution in [0.25, 0.3) is 110 Å². The second-order valence-corrected chi connectivity index (χ2v) is 15.0. The molecule has 0 spiro atoms. The van der Waals surface area contributed by atoms with Crippen LogP contribution in [0.4, 0.5) is 0 Å². The second-order valence-electron chi connectivity index (χ2n) is 15.0. The van der Waals surface area contributed by atoms with Gasteiger partial charge in [0.1, 0.15) is 0 Å². The van der Waals surface area contributed by atoms with Crippen molar-refractivity contribution >= 4 is 75.9 Å². The predicted octanol–water partition coefficient (Wildman–Crippen LogP) is 14.4. The summed E-state index contributed by atoms with van der Waals surface area (Å²) < 4.78 is 4.83. The molecule has 2 heterocycles. The quantitative estimate of drug-likeness (QED) is 0.162. The third-order valence-corrected chi connectivity index (χ3v) is 12.0. The molecule has 0 amide bonds. The highest BCUT2D eigenvalue weighted by Gasteiger charge is 2.18. The van der Waals surface area contributed by atoms with Crippen LogP contribution in [0.3, 0.4) is 0 Å². The summed E-state index contributed by atoms with van der Waals surface area (Å²) in [6.07, 6.45) is 0. The van der Waals surface area contributed by atoms with E-state index in [2.05, 4.69) is 204 Å². The molecular weight excluding hydrogens is 665 g/mol. The van der Waals surface area contributed by atoms with E-state index in [1.165, 1.54) is 109 Å². The van der Waals surface area contributed by atoms with Crippen LogP contribution in [0.1, 0.15) is 5.56 Å². The first kappa shape index (κ1) is 30.3. The first-order valence-electron chi connectivity index (χ1n) is 19.1. The Morgan fingerprint density at radius 2 is 0.727 bits per heavy atom. The van der Waals surface area contributed by atoms with Crippen molar-refractivity contribution in [1.82, 2.24) is 9.13 Å². The Hall–Kier alpha value is -7.16. The van der Waals surface area contributed by atoms with Crippen molar-refractivity contribution in [1.29, 1.82) is 0 Å². The van der Waals surface area contributed by atoms with Crippen LogP contribution < -0.4 is 0 Å². The van der Waals surface area contributed by atoms with Crippen LogP contribution in [-0.4, -0.2) is 9.13 Å². The maximum absolute atomic E-state index is 2.42. The number of nitrogens with zero attached hydrogens (tertiary/aromatic N) is 2. The zero-order valence-corrected chi connectivity index (χ0v) is 30.3. The molecule has 0 radical (unpaired) electrons. The summed E-state index contributed by atoms with van der Waals surface area (Å²) in [5, 5.41) is 12.9. The van der Waals surface area contributed by atoms with Crippen molar-refractivity contribution < 1.29 is 0 Å². The molecule has 0 aliphatic rings. The number of rotatable bonds is 4. The zero-order valence-electron chi connectivity index (χ0n) is 30.3. The molecule has 2 aromatic heterocycles. The molecule has 12 aromatic rings. The van der Waals surface area contributed by atoms with Gasteiger partial charge in [-0.3, -0.25) is 0 Å². The van der Waals surface area contributed by atoms with Gasteiger partial charge in [0, 0.05) is 32.9 Å². The lowest BCUT2D eigenvalue weighted by Gasteiger charge is -2.17. The molecule has 0 saturated carbocycles. The van der Waals surface area contributed by atoms with E-state index < -0.39 is 0 Å². The molecule has 2 nitrogen and oxygen atoms in total. The highest BCUT2D eigenvalue weighted by Crippen LogP contribution is 2.43. The lowest BCUT2D eigenvalue weighted by molar-refractivity contribution is 1.17. The minimum atomic E-state index is 1.15. The minimum Gasteiger partial charge on any atom is -0.309 e. The van der Waals surface area contributed by atoms with Gasteiger partial charge >= 0.3 is 0 Å². The van der Waals surface area contributed by atoms with E-state index >= 15 is 0 Å². The normalized spacial score (nSPS) is 12.1. The van der Waals surface area contributed by atoms with E-state index in [1.807, 2.05) is 0 Å². The van der Waals surface area contributed by atoms with Crippen LogP contribution in [0.15, 0.2) is 188 Å². The lowest BCUT2D eigenvalue weighted by Crippen LogP contribution is -1.96. The molecule has 256 valence electrons. The summed E-state index contributed by atoms with van der Waals surface area (Å²) in [5.74, 6) is 0. The van der Waals surface area contributed by atoms with Gasteiger partial charge in [0.15, 0.2) is 0 Å². The Bertz CT molecular complexity index is 3420. The Kier molecular flexibility index (Phi) is 6.29. The summed E-state index contributed by atoms with van der Waals surface area (Å²) in [4.78, 5) is 0. The maximum Gasteiger partial charge on any atom is 0.0542 e. The Balaban J connectivity index is 0.999. The number of aryl methyl sites for hydroxylation is 1. The van der Waals surface area contributed by atoms with Crippen molar-refractivity contribution in [2.45, 2.75) is 6.92 Å². The van der Waals surface area contributed by atoms with E-state index in [9.17, 15) is 0 Å². The van der Waals surface area contributed by atoms with Crippen LogP contribution in [-0.2, 0) is 0 Å². The first-order valence-corrected chi connectivity index (χ1v) is 19.1. The molecule has 0 saturated heterocycles. The molecule has 0 fully saturated rings. The SMILES string of the molecule is Cc1ccc(-c2ccc3ccc4c(-c5ccc(-n6c7ccccc7c7cc(-n8c9ccccc9c9ccccc98)ccc76)cc5)ccc5ccc2c3c54)cc1. The first-order chi connectivity index (χ1) is 27.2. The van der Waals surface area contributed by atoms with Crippen molar-refractivity contribution in [3.05, 3.63) is 194 Å². The third-order valence-electron chi connectivity index (χ3n) is 12.0. The summed E-state index contributed by atoms with van der Waals surface area (Å²) in [6.45, 7) is 2.15. The molecule has 2 heteroatoms. The van der Waals surface area contributed by atoms with Crippen LogP contribution in [0, 0.1) is 6.92 Å². The zero-order chi connectivity index (χ0) is 36.2. The highest BCUT2D eigenvalue weighted by atomic mass is 15.0. The summed E-state index contributed by atoms with van der Waals surface area (Å²) >= 11 is 0. The Labute approximate surface area is 318 Å². The molecule has 0 unspecified atom stereocenters. The fourth-order valence-corrected chi connectivity index (χ4v) is 9.41.